The highest BCUT2D eigenvalue weighted by Crippen LogP contribution is 2.35. The van der Waals surface area contributed by atoms with E-state index in [-0.39, 0.29) is 11.9 Å². The van der Waals surface area contributed by atoms with Gasteiger partial charge < -0.3 is 10.2 Å². The fraction of sp³-hybridized carbons (Fsp3) is 0.333. The molecule has 1 aliphatic rings. The first-order chi connectivity index (χ1) is 14.4. The molecule has 1 fully saturated rings. The zero-order valence-electron chi connectivity index (χ0n) is 17.7. The van der Waals surface area contributed by atoms with E-state index in [1.54, 1.807) is 12.4 Å². The molecule has 154 valence electrons. The molecule has 4 rings (SSSR count). The van der Waals surface area contributed by atoms with Gasteiger partial charge in [0.2, 0.25) is 5.91 Å². The number of nitrogens with one attached hydrogen (secondary N) is 1. The van der Waals surface area contributed by atoms with Gasteiger partial charge in [0.1, 0.15) is 5.82 Å². The predicted molar refractivity (Wildman–Crippen MR) is 118 cm³/mol. The summed E-state index contributed by atoms with van der Waals surface area (Å²) in [5.74, 6) is 1.52. The number of para-hydroxylation sites is 1. The summed E-state index contributed by atoms with van der Waals surface area (Å²) < 4.78 is 0. The molecule has 6 heteroatoms. The lowest BCUT2D eigenvalue weighted by atomic mass is 9.94. The first-order valence-corrected chi connectivity index (χ1v) is 10.3. The average molecular weight is 402 g/mol. The molecule has 3 heterocycles. The molecule has 1 N–H and O–H groups in total. The third-order valence-corrected chi connectivity index (χ3v) is 5.20. The lowest BCUT2D eigenvalue weighted by Crippen LogP contribution is -2.39. The second-order valence-electron chi connectivity index (χ2n) is 8.64. The van der Waals surface area contributed by atoms with Gasteiger partial charge in [-0.1, -0.05) is 39.0 Å². The molecule has 1 aromatic carbocycles. The highest BCUT2D eigenvalue weighted by atomic mass is 16.2. The van der Waals surface area contributed by atoms with Crippen molar-refractivity contribution in [2.75, 3.05) is 11.9 Å². The van der Waals surface area contributed by atoms with Gasteiger partial charge >= 0.3 is 0 Å². The van der Waals surface area contributed by atoms with Gasteiger partial charge in [0, 0.05) is 41.7 Å². The van der Waals surface area contributed by atoms with Crippen LogP contribution in [0.4, 0.5) is 11.5 Å². The Balaban J connectivity index is 1.75. The largest absolute Gasteiger partial charge is 0.340 e. The second-order valence-corrected chi connectivity index (χ2v) is 8.64. The van der Waals surface area contributed by atoms with Crippen molar-refractivity contribution in [3.8, 4) is 11.3 Å². The van der Waals surface area contributed by atoms with Crippen molar-refractivity contribution in [2.24, 2.45) is 5.41 Å². The first kappa shape index (κ1) is 20.0. The molecule has 0 unspecified atom stereocenters. The summed E-state index contributed by atoms with van der Waals surface area (Å²) in [6, 6.07) is 15.6. The first-order valence-electron chi connectivity index (χ1n) is 10.3. The molecule has 0 spiro atoms. The summed E-state index contributed by atoms with van der Waals surface area (Å²) in [4.78, 5) is 28.9. The Morgan fingerprint density at radius 3 is 2.60 bits per heavy atom. The van der Waals surface area contributed by atoms with Crippen LogP contribution in [0.15, 0.2) is 60.9 Å². The summed E-state index contributed by atoms with van der Waals surface area (Å²) in [5, 5.41) is 3.38. The Bertz CT molecular complexity index is 1010. The number of hydrogen-bond acceptors (Lipinski definition) is 5. The highest BCUT2D eigenvalue weighted by Gasteiger charge is 2.37. The number of rotatable bonds is 4. The van der Waals surface area contributed by atoms with Crippen molar-refractivity contribution in [1.29, 1.82) is 0 Å². The van der Waals surface area contributed by atoms with Crippen LogP contribution in [0.2, 0.25) is 0 Å². The van der Waals surface area contributed by atoms with E-state index in [2.05, 4.69) is 10.3 Å². The fourth-order valence-corrected chi connectivity index (χ4v) is 3.72. The van der Waals surface area contributed by atoms with E-state index in [1.165, 1.54) is 0 Å². The van der Waals surface area contributed by atoms with Crippen molar-refractivity contribution >= 4 is 17.4 Å². The number of nitrogens with zero attached hydrogens (tertiary/aromatic N) is 4. The Labute approximate surface area is 177 Å². The molecule has 0 saturated carbocycles. The molecule has 3 aromatic rings. The Morgan fingerprint density at radius 2 is 1.90 bits per heavy atom. The van der Waals surface area contributed by atoms with Gasteiger partial charge in [-0.25, -0.2) is 9.97 Å². The van der Waals surface area contributed by atoms with Crippen molar-refractivity contribution in [3.05, 3.63) is 66.7 Å². The number of aromatic nitrogens is 3. The van der Waals surface area contributed by atoms with E-state index >= 15 is 0 Å². The van der Waals surface area contributed by atoms with Crippen molar-refractivity contribution < 1.29 is 4.79 Å². The van der Waals surface area contributed by atoms with Crippen LogP contribution in [0, 0.1) is 5.41 Å². The maximum Gasteiger partial charge on any atom is 0.228 e. The van der Waals surface area contributed by atoms with E-state index < -0.39 is 5.41 Å². The van der Waals surface area contributed by atoms with E-state index in [0.717, 1.165) is 36.3 Å². The van der Waals surface area contributed by atoms with Crippen molar-refractivity contribution in [3.63, 3.8) is 0 Å². The minimum Gasteiger partial charge on any atom is -0.340 e. The number of likely N-dealkylation sites (tertiary alicyclic amines) is 1. The molecule has 1 aliphatic heterocycles. The second kappa shape index (κ2) is 8.22. The van der Waals surface area contributed by atoms with Crippen LogP contribution in [-0.4, -0.2) is 32.3 Å². The zero-order chi connectivity index (χ0) is 21.1. The molecule has 1 saturated heterocycles. The predicted octanol–water partition coefficient (Wildman–Crippen LogP) is 4.99. The van der Waals surface area contributed by atoms with E-state index in [9.17, 15) is 4.79 Å². The average Bonchev–Trinajstić information content (AvgIpc) is 3.23. The number of anilines is 2. The van der Waals surface area contributed by atoms with Crippen LogP contribution in [0.25, 0.3) is 11.3 Å². The van der Waals surface area contributed by atoms with E-state index in [0.29, 0.717) is 11.6 Å². The van der Waals surface area contributed by atoms with Crippen LogP contribution in [0.5, 0.6) is 0 Å². The van der Waals surface area contributed by atoms with Crippen molar-refractivity contribution in [2.45, 2.75) is 39.7 Å². The minimum atomic E-state index is -0.436. The van der Waals surface area contributed by atoms with Crippen LogP contribution in [0.3, 0.4) is 0 Å². The third kappa shape index (κ3) is 4.32. The Morgan fingerprint density at radius 1 is 1.10 bits per heavy atom. The molecule has 30 heavy (non-hydrogen) atoms. The van der Waals surface area contributed by atoms with E-state index in [4.69, 9.17) is 9.97 Å². The summed E-state index contributed by atoms with van der Waals surface area (Å²) in [6.07, 6.45) is 5.36. The molecule has 0 bridgehead atoms. The maximum absolute atomic E-state index is 13.0. The Kier molecular flexibility index (Phi) is 5.48. The fourth-order valence-electron chi connectivity index (χ4n) is 3.72. The van der Waals surface area contributed by atoms with Gasteiger partial charge in [0.05, 0.1) is 11.7 Å². The molecule has 2 aromatic heterocycles. The smallest absolute Gasteiger partial charge is 0.228 e. The monoisotopic (exact) mass is 401 g/mol. The van der Waals surface area contributed by atoms with Crippen LogP contribution in [-0.2, 0) is 4.79 Å². The molecule has 0 aliphatic carbocycles. The zero-order valence-corrected chi connectivity index (χ0v) is 17.7. The molecule has 0 radical (unpaired) electrons. The minimum absolute atomic E-state index is 0.121. The summed E-state index contributed by atoms with van der Waals surface area (Å²) in [6.45, 7) is 6.61. The molecular weight excluding hydrogens is 374 g/mol. The van der Waals surface area contributed by atoms with E-state index in [1.807, 2.05) is 74.2 Å². The molecule has 1 atom stereocenters. The SMILES string of the molecule is CC(C)(C)C(=O)N1CCC[C@H]1c1nc(Nc2ccccc2)cc(-c2cccnc2)n1. The third-order valence-electron chi connectivity index (χ3n) is 5.20. The summed E-state index contributed by atoms with van der Waals surface area (Å²) in [5.41, 5.74) is 2.23. The number of hydrogen-bond donors (Lipinski definition) is 1. The molecular formula is C24H27N5O. The maximum atomic E-state index is 13.0. The quantitative estimate of drug-likeness (QED) is 0.667. The standard InChI is InChI=1S/C24H27N5O/c1-24(2,3)23(30)29-14-8-12-20(29)22-27-19(17-9-7-13-25-16-17)15-21(28-22)26-18-10-5-4-6-11-18/h4-7,9-11,13,15-16,20H,8,12,14H2,1-3H3,(H,26,27,28)/t20-/m0/s1. The van der Waals surface area contributed by atoms with Gasteiger partial charge in [-0.2, -0.15) is 0 Å². The number of carbonyl (C=O) groups is 1. The normalized spacial score (nSPS) is 16.5. The lowest BCUT2D eigenvalue weighted by molar-refractivity contribution is -0.140. The summed E-state index contributed by atoms with van der Waals surface area (Å²) in [7, 11) is 0. The van der Waals surface area contributed by atoms with Gasteiger partial charge in [-0.05, 0) is 37.1 Å². The van der Waals surface area contributed by atoms with Crippen LogP contribution >= 0.6 is 0 Å². The topological polar surface area (TPSA) is 71.0 Å². The number of pyridine rings is 1. The van der Waals surface area contributed by atoms with Crippen LogP contribution in [0.1, 0.15) is 45.5 Å². The lowest BCUT2D eigenvalue weighted by Gasteiger charge is -2.30. The highest BCUT2D eigenvalue weighted by molar-refractivity contribution is 5.82. The number of benzene rings is 1. The van der Waals surface area contributed by atoms with Gasteiger partial charge in [0.15, 0.2) is 5.82 Å². The number of carbonyl (C=O) groups excluding carboxylic acids is 1. The van der Waals surface area contributed by atoms with Gasteiger partial charge in [-0.15, -0.1) is 0 Å². The van der Waals surface area contributed by atoms with Crippen molar-refractivity contribution in [1.82, 2.24) is 19.9 Å². The molecule has 1 amide bonds. The molecule has 6 nitrogen and oxygen atoms in total. The van der Waals surface area contributed by atoms with Gasteiger partial charge in [0.25, 0.3) is 0 Å². The van der Waals surface area contributed by atoms with Crippen LogP contribution < -0.4 is 5.32 Å². The Hall–Kier alpha value is -3.28. The summed E-state index contributed by atoms with van der Waals surface area (Å²) >= 11 is 0. The number of amides is 1. The van der Waals surface area contributed by atoms with Gasteiger partial charge in [-0.3, -0.25) is 9.78 Å².